The normalized spacial score (nSPS) is 16.8. The van der Waals surface area contributed by atoms with E-state index in [9.17, 15) is 4.79 Å². The lowest BCUT2D eigenvalue weighted by Gasteiger charge is -2.32. The van der Waals surface area contributed by atoms with E-state index in [1.165, 1.54) is 0 Å². The highest BCUT2D eigenvalue weighted by atomic mass is 16.5. The monoisotopic (exact) mass is 391 g/mol. The molecule has 1 amide bonds. The summed E-state index contributed by atoms with van der Waals surface area (Å²) in [4.78, 5) is 23.9. The number of benzene rings is 1. The molecule has 0 radical (unpaired) electrons. The molecule has 1 atom stereocenters. The zero-order valence-corrected chi connectivity index (χ0v) is 16.8. The first-order valence-corrected chi connectivity index (χ1v) is 9.88. The van der Waals surface area contributed by atoms with Gasteiger partial charge in [0.2, 0.25) is 5.88 Å². The van der Waals surface area contributed by atoms with Gasteiger partial charge in [-0.25, -0.2) is 4.98 Å². The van der Waals surface area contributed by atoms with Gasteiger partial charge in [0.05, 0.1) is 36.1 Å². The van der Waals surface area contributed by atoms with E-state index >= 15 is 0 Å². The van der Waals surface area contributed by atoms with Gasteiger partial charge < -0.3 is 14.4 Å². The fraction of sp³-hybridized carbons (Fsp3) is 0.348. The van der Waals surface area contributed by atoms with Crippen LogP contribution in [0, 0.1) is 5.92 Å². The summed E-state index contributed by atoms with van der Waals surface area (Å²) >= 11 is 0. The van der Waals surface area contributed by atoms with E-state index in [-0.39, 0.29) is 5.91 Å². The van der Waals surface area contributed by atoms with Crippen LogP contribution in [-0.4, -0.2) is 54.7 Å². The predicted octanol–water partition coefficient (Wildman–Crippen LogP) is 3.80. The highest BCUT2D eigenvalue weighted by Crippen LogP contribution is 2.30. The van der Waals surface area contributed by atoms with Gasteiger partial charge in [-0.15, -0.1) is 0 Å². The molecular formula is C23H25N3O3. The summed E-state index contributed by atoms with van der Waals surface area (Å²) in [5.74, 6) is 0.944. The third-order valence-electron chi connectivity index (χ3n) is 5.38. The maximum Gasteiger partial charge on any atom is 0.255 e. The van der Waals surface area contributed by atoms with Gasteiger partial charge in [0, 0.05) is 31.8 Å². The van der Waals surface area contributed by atoms with Crippen LogP contribution in [0.3, 0.4) is 0 Å². The molecule has 0 unspecified atom stereocenters. The number of hydrogen-bond acceptors (Lipinski definition) is 5. The van der Waals surface area contributed by atoms with Gasteiger partial charge in [-0.05, 0) is 43.0 Å². The average molecular weight is 391 g/mol. The second-order valence-corrected chi connectivity index (χ2v) is 7.38. The maximum absolute atomic E-state index is 12.9. The molecule has 0 saturated carbocycles. The number of piperidine rings is 1. The van der Waals surface area contributed by atoms with Crippen LogP contribution in [0.15, 0.2) is 48.7 Å². The molecule has 4 rings (SSSR count). The minimum atomic E-state index is 0.0217. The first-order valence-electron chi connectivity index (χ1n) is 9.88. The summed E-state index contributed by atoms with van der Waals surface area (Å²) in [6, 6.07) is 13.6. The number of pyridine rings is 2. The number of amides is 1. The van der Waals surface area contributed by atoms with Crippen molar-refractivity contribution < 1.29 is 14.3 Å². The number of carbonyl (C=O) groups is 1. The minimum absolute atomic E-state index is 0.0217. The standard InChI is InChI=1S/C23H25N3O3/c1-28-15-16-6-5-11-26(14-16)23(27)18-9-10-21(24-13-18)19-12-17-7-3-4-8-20(17)25-22(19)29-2/h3-4,7-10,12-13,16H,5-6,11,14-15H2,1-2H3/t16-/m0/s1. The first kappa shape index (κ1) is 19.3. The van der Waals surface area contributed by atoms with Crippen molar-refractivity contribution in [3.63, 3.8) is 0 Å². The Morgan fingerprint density at radius 3 is 2.83 bits per heavy atom. The molecule has 3 heterocycles. The molecule has 0 aliphatic carbocycles. The van der Waals surface area contributed by atoms with Crippen molar-refractivity contribution in [2.45, 2.75) is 12.8 Å². The second-order valence-electron chi connectivity index (χ2n) is 7.38. The second kappa shape index (κ2) is 8.57. The molecular weight excluding hydrogens is 366 g/mol. The van der Waals surface area contributed by atoms with Crippen molar-refractivity contribution >= 4 is 16.8 Å². The molecule has 0 N–H and O–H groups in total. The van der Waals surface area contributed by atoms with Gasteiger partial charge in [0.15, 0.2) is 0 Å². The molecule has 29 heavy (non-hydrogen) atoms. The summed E-state index contributed by atoms with van der Waals surface area (Å²) in [5.41, 5.74) is 3.01. The number of ether oxygens (including phenoxy) is 2. The third-order valence-corrected chi connectivity index (χ3v) is 5.38. The lowest BCUT2D eigenvalue weighted by Crippen LogP contribution is -2.41. The van der Waals surface area contributed by atoms with E-state index in [4.69, 9.17) is 9.47 Å². The van der Waals surface area contributed by atoms with Gasteiger partial charge >= 0.3 is 0 Å². The maximum atomic E-state index is 12.9. The Morgan fingerprint density at radius 1 is 1.21 bits per heavy atom. The quantitative estimate of drug-likeness (QED) is 0.662. The molecule has 150 valence electrons. The Hall–Kier alpha value is -2.99. The number of nitrogens with zero attached hydrogens (tertiary/aromatic N) is 3. The molecule has 1 aromatic carbocycles. The van der Waals surface area contributed by atoms with Crippen LogP contribution in [0.5, 0.6) is 5.88 Å². The highest BCUT2D eigenvalue weighted by Gasteiger charge is 2.24. The number of fused-ring (bicyclic) bond motifs is 1. The highest BCUT2D eigenvalue weighted by molar-refractivity contribution is 5.94. The van der Waals surface area contributed by atoms with Gasteiger partial charge in [-0.1, -0.05) is 18.2 Å². The Labute approximate surface area is 170 Å². The molecule has 6 heteroatoms. The molecule has 0 bridgehead atoms. The summed E-state index contributed by atoms with van der Waals surface area (Å²) in [5, 5.41) is 1.02. The fourth-order valence-electron chi connectivity index (χ4n) is 3.92. The average Bonchev–Trinajstić information content (AvgIpc) is 2.78. The van der Waals surface area contributed by atoms with Crippen LogP contribution in [-0.2, 0) is 4.74 Å². The first-order chi connectivity index (χ1) is 14.2. The van der Waals surface area contributed by atoms with Gasteiger partial charge in [-0.3, -0.25) is 9.78 Å². The van der Waals surface area contributed by atoms with Crippen molar-refractivity contribution in [1.82, 2.24) is 14.9 Å². The molecule has 1 saturated heterocycles. The van der Waals surface area contributed by atoms with Gasteiger partial charge in [0.25, 0.3) is 5.91 Å². The smallest absolute Gasteiger partial charge is 0.255 e. The van der Waals surface area contributed by atoms with Gasteiger partial charge in [-0.2, -0.15) is 0 Å². The number of aromatic nitrogens is 2. The van der Waals surface area contributed by atoms with Crippen LogP contribution >= 0.6 is 0 Å². The number of rotatable bonds is 5. The van der Waals surface area contributed by atoms with Crippen molar-refractivity contribution in [2.75, 3.05) is 33.9 Å². The zero-order valence-electron chi connectivity index (χ0n) is 16.8. The molecule has 1 aliphatic heterocycles. The van der Waals surface area contributed by atoms with E-state index in [0.29, 0.717) is 24.0 Å². The van der Waals surface area contributed by atoms with E-state index in [0.717, 1.165) is 48.1 Å². The molecule has 3 aromatic rings. The van der Waals surface area contributed by atoms with E-state index in [1.807, 2.05) is 47.4 Å². The topological polar surface area (TPSA) is 64.5 Å². The van der Waals surface area contributed by atoms with Crippen molar-refractivity contribution in [3.05, 3.63) is 54.2 Å². The fourth-order valence-corrected chi connectivity index (χ4v) is 3.92. The molecule has 1 aliphatic rings. The number of carbonyl (C=O) groups excluding carboxylic acids is 1. The molecule has 6 nitrogen and oxygen atoms in total. The Morgan fingerprint density at radius 2 is 2.07 bits per heavy atom. The molecule has 0 spiro atoms. The van der Waals surface area contributed by atoms with Crippen molar-refractivity contribution in [1.29, 1.82) is 0 Å². The van der Waals surface area contributed by atoms with Crippen LogP contribution in [0.25, 0.3) is 22.2 Å². The number of hydrogen-bond donors (Lipinski definition) is 0. The summed E-state index contributed by atoms with van der Waals surface area (Å²) in [6.45, 7) is 2.20. The van der Waals surface area contributed by atoms with E-state index in [1.54, 1.807) is 20.4 Å². The summed E-state index contributed by atoms with van der Waals surface area (Å²) < 4.78 is 10.7. The number of para-hydroxylation sites is 1. The van der Waals surface area contributed by atoms with Crippen molar-refractivity contribution in [2.24, 2.45) is 5.92 Å². The summed E-state index contributed by atoms with van der Waals surface area (Å²) in [7, 11) is 3.31. The summed E-state index contributed by atoms with van der Waals surface area (Å²) in [6.07, 6.45) is 3.75. The lowest BCUT2D eigenvalue weighted by molar-refractivity contribution is 0.0570. The SMILES string of the molecule is COC[C@H]1CCCN(C(=O)c2ccc(-c3cc4ccccc4nc3OC)nc2)C1. The Kier molecular flexibility index (Phi) is 5.71. The largest absolute Gasteiger partial charge is 0.480 e. The van der Waals surface area contributed by atoms with Crippen LogP contribution < -0.4 is 4.74 Å². The molecule has 2 aromatic heterocycles. The number of methoxy groups -OCH3 is 2. The Balaban J connectivity index is 1.58. The van der Waals surface area contributed by atoms with E-state index in [2.05, 4.69) is 9.97 Å². The third kappa shape index (κ3) is 4.07. The zero-order chi connectivity index (χ0) is 20.2. The minimum Gasteiger partial charge on any atom is -0.480 e. The van der Waals surface area contributed by atoms with Crippen LogP contribution in [0.2, 0.25) is 0 Å². The predicted molar refractivity (Wildman–Crippen MR) is 112 cm³/mol. The lowest BCUT2D eigenvalue weighted by atomic mass is 9.98. The Bertz CT molecular complexity index is 1000. The molecule has 1 fully saturated rings. The van der Waals surface area contributed by atoms with Crippen LogP contribution in [0.4, 0.5) is 0 Å². The number of likely N-dealkylation sites (tertiary alicyclic amines) is 1. The van der Waals surface area contributed by atoms with Crippen molar-refractivity contribution in [3.8, 4) is 17.1 Å². The van der Waals surface area contributed by atoms with Crippen LogP contribution in [0.1, 0.15) is 23.2 Å². The van der Waals surface area contributed by atoms with E-state index < -0.39 is 0 Å². The van der Waals surface area contributed by atoms with Gasteiger partial charge in [0.1, 0.15) is 0 Å².